The maximum absolute atomic E-state index is 5.77. The fourth-order valence-electron chi connectivity index (χ4n) is 1.87. The number of nitrogens with zero attached hydrogens (tertiary/aromatic N) is 3. The summed E-state index contributed by atoms with van der Waals surface area (Å²) in [6.07, 6.45) is 0.801. The number of nitrogen functional groups attached to an aromatic ring is 1. The van der Waals surface area contributed by atoms with Gasteiger partial charge < -0.3 is 10.5 Å². The summed E-state index contributed by atoms with van der Waals surface area (Å²) >= 11 is 3.45. The lowest BCUT2D eigenvalue weighted by molar-refractivity contribution is 0.406. The smallest absolute Gasteiger partial charge is 0.169 e. The summed E-state index contributed by atoms with van der Waals surface area (Å²) in [4.78, 5) is 0. The van der Waals surface area contributed by atoms with E-state index in [0.717, 1.165) is 27.9 Å². The lowest BCUT2D eigenvalue weighted by Gasteiger charge is -2.10. The molecule has 0 bridgehead atoms. The van der Waals surface area contributed by atoms with Gasteiger partial charge in [-0.1, -0.05) is 28.1 Å². The van der Waals surface area contributed by atoms with E-state index in [-0.39, 0.29) is 0 Å². The SMILES string of the molecule is CCc1c(N)nnn1Cc1cc(Br)ccc1OC. The Morgan fingerprint density at radius 1 is 1.44 bits per heavy atom. The minimum absolute atomic E-state index is 0.492. The van der Waals surface area contributed by atoms with E-state index in [1.54, 1.807) is 11.8 Å². The third-order valence-electron chi connectivity index (χ3n) is 2.77. The number of nitrogens with two attached hydrogens (primary N) is 1. The van der Waals surface area contributed by atoms with Crippen LogP contribution in [-0.4, -0.2) is 22.1 Å². The van der Waals surface area contributed by atoms with Crippen molar-refractivity contribution < 1.29 is 4.74 Å². The summed E-state index contributed by atoms with van der Waals surface area (Å²) in [5, 5.41) is 7.96. The standard InChI is InChI=1S/C12H15BrN4O/c1-3-10-12(14)15-16-17(10)7-8-6-9(13)4-5-11(8)18-2/h4-6H,3,7,14H2,1-2H3. The molecule has 0 amide bonds. The first-order chi connectivity index (χ1) is 8.65. The van der Waals surface area contributed by atoms with Crippen molar-refractivity contribution in [2.75, 3.05) is 12.8 Å². The third-order valence-corrected chi connectivity index (χ3v) is 3.26. The molecule has 0 saturated heterocycles. The van der Waals surface area contributed by atoms with E-state index in [4.69, 9.17) is 10.5 Å². The Morgan fingerprint density at radius 2 is 2.22 bits per heavy atom. The maximum atomic E-state index is 5.77. The van der Waals surface area contributed by atoms with Gasteiger partial charge in [0.2, 0.25) is 0 Å². The fourth-order valence-corrected chi connectivity index (χ4v) is 2.28. The molecule has 0 aliphatic rings. The van der Waals surface area contributed by atoms with Crippen molar-refractivity contribution in [3.05, 3.63) is 33.9 Å². The van der Waals surface area contributed by atoms with Crippen molar-refractivity contribution in [3.8, 4) is 5.75 Å². The molecule has 18 heavy (non-hydrogen) atoms. The first kappa shape index (κ1) is 12.9. The summed E-state index contributed by atoms with van der Waals surface area (Å²) < 4.78 is 8.15. The normalized spacial score (nSPS) is 10.6. The average molecular weight is 311 g/mol. The van der Waals surface area contributed by atoms with Crippen LogP contribution in [0.5, 0.6) is 5.75 Å². The van der Waals surface area contributed by atoms with Crippen LogP contribution in [0.1, 0.15) is 18.2 Å². The lowest BCUT2D eigenvalue weighted by Crippen LogP contribution is -2.08. The minimum Gasteiger partial charge on any atom is -0.496 e. The summed E-state index contributed by atoms with van der Waals surface area (Å²) in [5.41, 5.74) is 7.75. The molecule has 2 rings (SSSR count). The lowest BCUT2D eigenvalue weighted by atomic mass is 10.2. The topological polar surface area (TPSA) is 66.0 Å². The molecule has 1 heterocycles. The van der Waals surface area contributed by atoms with Gasteiger partial charge >= 0.3 is 0 Å². The summed E-state index contributed by atoms with van der Waals surface area (Å²) in [6.45, 7) is 2.62. The largest absolute Gasteiger partial charge is 0.496 e. The molecular formula is C12H15BrN4O. The highest BCUT2D eigenvalue weighted by Gasteiger charge is 2.11. The van der Waals surface area contributed by atoms with Crippen molar-refractivity contribution in [2.24, 2.45) is 0 Å². The fraction of sp³-hybridized carbons (Fsp3) is 0.333. The van der Waals surface area contributed by atoms with Crippen LogP contribution in [0.15, 0.2) is 22.7 Å². The molecule has 0 spiro atoms. The Hall–Kier alpha value is -1.56. The summed E-state index contributed by atoms with van der Waals surface area (Å²) in [7, 11) is 1.66. The van der Waals surface area contributed by atoms with Crippen molar-refractivity contribution in [2.45, 2.75) is 19.9 Å². The van der Waals surface area contributed by atoms with Gasteiger partial charge in [0.05, 0.1) is 19.3 Å². The van der Waals surface area contributed by atoms with Gasteiger partial charge in [-0.2, -0.15) is 0 Å². The molecule has 0 saturated carbocycles. The molecule has 5 nitrogen and oxygen atoms in total. The van der Waals surface area contributed by atoms with Crippen LogP contribution in [-0.2, 0) is 13.0 Å². The molecular weight excluding hydrogens is 296 g/mol. The zero-order valence-electron chi connectivity index (χ0n) is 10.4. The number of anilines is 1. The van der Waals surface area contributed by atoms with Gasteiger partial charge in [-0.05, 0) is 24.6 Å². The second-order valence-corrected chi connectivity index (χ2v) is 4.80. The highest BCUT2D eigenvalue weighted by atomic mass is 79.9. The molecule has 0 radical (unpaired) electrons. The van der Waals surface area contributed by atoms with Gasteiger partial charge in [-0.25, -0.2) is 4.68 Å². The van der Waals surface area contributed by atoms with Crippen LogP contribution < -0.4 is 10.5 Å². The number of ether oxygens (including phenoxy) is 1. The molecule has 96 valence electrons. The predicted octanol–water partition coefficient (Wildman–Crippen LogP) is 2.24. The van der Waals surface area contributed by atoms with Crippen LogP contribution in [0.4, 0.5) is 5.82 Å². The van der Waals surface area contributed by atoms with Gasteiger partial charge in [0.1, 0.15) is 5.75 Å². The number of hydrogen-bond acceptors (Lipinski definition) is 4. The predicted molar refractivity (Wildman–Crippen MR) is 73.6 cm³/mol. The number of benzene rings is 1. The second-order valence-electron chi connectivity index (χ2n) is 3.89. The number of methoxy groups -OCH3 is 1. The van der Waals surface area contributed by atoms with E-state index >= 15 is 0 Å². The Kier molecular flexibility index (Phi) is 3.86. The van der Waals surface area contributed by atoms with E-state index in [9.17, 15) is 0 Å². The molecule has 0 fully saturated rings. The Bertz CT molecular complexity index is 553. The van der Waals surface area contributed by atoms with Crippen molar-refractivity contribution in [1.29, 1.82) is 0 Å². The summed E-state index contributed by atoms with van der Waals surface area (Å²) in [6, 6.07) is 5.88. The first-order valence-electron chi connectivity index (χ1n) is 5.66. The highest BCUT2D eigenvalue weighted by Crippen LogP contribution is 2.24. The summed E-state index contributed by atoms with van der Waals surface area (Å²) in [5.74, 6) is 1.32. The number of rotatable bonds is 4. The highest BCUT2D eigenvalue weighted by molar-refractivity contribution is 9.10. The maximum Gasteiger partial charge on any atom is 0.169 e. The van der Waals surface area contributed by atoms with Crippen LogP contribution >= 0.6 is 15.9 Å². The van der Waals surface area contributed by atoms with Gasteiger partial charge in [0.15, 0.2) is 5.82 Å². The van der Waals surface area contributed by atoms with E-state index < -0.39 is 0 Å². The zero-order chi connectivity index (χ0) is 13.1. The Balaban J connectivity index is 2.36. The van der Waals surface area contributed by atoms with Gasteiger partial charge in [-0.15, -0.1) is 5.10 Å². The van der Waals surface area contributed by atoms with Crippen LogP contribution in [0, 0.1) is 0 Å². The average Bonchev–Trinajstić information content (AvgIpc) is 2.70. The molecule has 0 aliphatic carbocycles. The second kappa shape index (κ2) is 5.39. The van der Waals surface area contributed by atoms with Crippen molar-refractivity contribution in [1.82, 2.24) is 15.0 Å². The third kappa shape index (κ3) is 2.48. The molecule has 6 heteroatoms. The number of hydrogen-bond donors (Lipinski definition) is 1. The van der Waals surface area contributed by atoms with Crippen LogP contribution in [0.2, 0.25) is 0 Å². The Morgan fingerprint density at radius 3 is 2.89 bits per heavy atom. The molecule has 2 aromatic rings. The number of aromatic nitrogens is 3. The molecule has 1 aromatic heterocycles. The van der Waals surface area contributed by atoms with Gasteiger partial charge in [0, 0.05) is 10.0 Å². The van der Waals surface area contributed by atoms with Crippen molar-refractivity contribution in [3.63, 3.8) is 0 Å². The molecule has 0 aliphatic heterocycles. The zero-order valence-corrected chi connectivity index (χ0v) is 11.9. The monoisotopic (exact) mass is 310 g/mol. The van der Waals surface area contributed by atoms with E-state index in [1.807, 2.05) is 25.1 Å². The molecule has 2 N–H and O–H groups in total. The van der Waals surface area contributed by atoms with Gasteiger partial charge in [-0.3, -0.25) is 0 Å². The number of halogens is 1. The first-order valence-corrected chi connectivity index (χ1v) is 6.45. The van der Waals surface area contributed by atoms with E-state index in [2.05, 4.69) is 26.2 Å². The minimum atomic E-state index is 0.492. The van der Waals surface area contributed by atoms with E-state index in [0.29, 0.717) is 12.4 Å². The molecule has 0 unspecified atom stereocenters. The quantitative estimate of drug-likeness (QED) is 0.940. The molecule has 0 atom stereocenters. The van der Waals surface area contributed by atoms with Gasteiger partial charge in [0.25, 0.3) is 0 Å². The van der Waals surface area contributed by atoms with Crippen LogP contribution in [0.25, 0.3) is 0 Å². The van der Waals surface area contributed by atoms with E-state index in [1.165, 1.54) is 0 Å². The Labute approximate surface area is 114 Å². The molecule has 1 aromatic carbocycles. The van der Waals surface area contributed by atoms with Crippen LogP contribution in [0.3, 0.4) is 0 Å². The van der Waals surface area contributed by atoms with Crippen molar-refractivity contribution >= 4 is 21.7 Å².